The Morgan fingerprint density at radius 3 is 1.86 bits per heavy atom. The van der Waals surface area contributed by atoms with Crippen LogP contribution in [0.1, 0.15) is 44.5 Å². The molecule has 0 aromatic heterocycles. The lowest BCUT2D eigenvalue weighted by Crippen LogP contribution is -2.35. The highest BCUT2D eigenvalue weighted by molar-refractivity contribution is 7.55. The van der Waals surface area contributed by atoms with E-state index in [0.717, 1.165) is 10.9 Å². The first-order valence-electron chi connectivity index (χ1n) is 14.2. The van der Waals surface area contributed by atoms with E-state index in [0.29, 0.717) is 37.1 Å². The van der Waals surface area contributed by atoms with Crippen LogP contribution in [0.15, 0.2) is 79.0 Å². The zero-order valence-corrected chi connectivity index (χ0v) is 25.6. The molecule has 10 heteroatoms. The van der Waals surface area contributed by atoms with E-state index in [-0.39, 0.29) is 0 Å². The van der Waals surface area contributed by atoms with Crippen LogP contribution in [0.25, 0.3) is 16.8 Å². The van der Waals surface area contributed by atoms with E-state index in [2.05, 4.69) is 5.32 Å². The van der Waals surface area contributed by atoms with E-state index in [1.54, 1.807) is 18.2 Å². The molecule has 1 N–H and O–H groups in total. The first-order chi connectivity index (χ1) is 20.3. The molecule has 0 fully saturated rings. The van der Waals surface area contributed by atoms with Crippen LogP contribution in [0, 0.1) is 0 Å². The quantitative estimate of drug-likeness (QED) is 0.229. The predicted molar refractivity (Wildman–Crippen MR) is 166 cm³/mol. The number of hydrogen-bond acceptors (Lipinski definition) is 6. The van der Waals surface area contributed by atoms with Crippen LogP contribution in [0.2, 0.25) is 0 Å². The molecule has 0 aliphatic heterocycles. The third-order valence-corrected chi connectivity index (χ3v) is 9.07. The number of hydrogen-bond donors (Lipinski definition) is 1. The molecule has 1 unspecified atom stereocenters. The Morgan fingerprint density at radius 1 is 0.762 bits per heavy atom. The number of amides is 3. The van der Waals surface area contributed by atoms with E-state index in [9.17, 15) is 18.9 Å². The first-order valence-corrected chi connectivity index (χ1v) is 15.8. The Bertz CT molecular complexity index is 1380. The van der Waals surface area contributed by atoms with Gasteiger partial charge in [0.25, 0.3) is 0 Å². The van der Waals surface area contributed by atoms with E-state index in [4.69, 9.17) is 9.05 Å². The van der Waals surface area contributed by atoms with Crippen LogP contribution in [0.5, 0.6) is 0 Å². The van der Waals surface area contributed by atoms with Crippen LogP contribution < -0.4 is 5.32 Å². The molecule has 9 nitrogen and oxygen atoms in total. The minimum Gasteiger partial charge on any atom is -0.341 e. The van der Waals surface area contributed by atoms with Gasteiger partial charge in [-0.1, -0.05) is 72.8 Å². The molecule has 3 aromatic rings. The Labute approximate surface area is 248 Å². The van der Waals surface area contributed by atoms with Crippen LogP contribution in [-0.4, -0.2) is 66.9 Å². The monoisotopic (exact) mass is 593 g/mol. The summed E-state index contributed by atoms with van der Waals surface area (Å²) in [5.74, 6) is -1.47. The van der Waals surface area contributed by atoms with E-state index < -0.39 is 44.2 Å². The average molecular weight is 594 g/mol. The Balaban J connectivity index is 2.07. The lowest BCUT2D eigenvalue weighted by Gasteiger charge is -2.28. The third-order valence-electron chi connectivity index (χ3n) is 6.95. The summed E-state index contributed by atoms with van der Waals surface area (Å²) in [6.07, 6.45) is 3.17. The van der Waals surface area contributed by atoms with Gasteiger partial charge in [0, 0.05) is 32.4 Å². The van der Waals surface area contributed by atoms with Crippen molar-refractivity contribution in [2.45, 2.75) is 33.4 Å². The smallest absolute Gasteiger partial charge is 0.341 e. The molecule has 3 aromatic carbocycles. The van der Waals surface area contributed by atoms with Gasteiger partial charge >= 0.3 is 7.60 Å². The summed E-state index contributed by atoms with van der Waals surface area (Å²) in [6, 6.07) is 22.1. The molecule has 0 aliphatic rings. The summed E-state index contributed by atoms with van der Waals surface area (Å²) in [5, 5.41) is 4.21. The van der Waals surface area contributed by atoms with Gasteiger partial charge in [0.2, 0.25) is 17.7 Å². The molecule has 0 saturated heterocycles. The van der Waals surface area contributed by atoms with Gasteiger partial charge in [0.15, 0.2) is 5.66 Å². The van der Waals surface area contributed by atoms with Gasteiger partial charge in [0.1, 0.15) is 13.2 Å². The van der Waals surface area contributed by atoms with Crippen molar-refractivity contribution >= 4 is 42.2 Å². The van der Waals surface area contributed by atoms with Crippen molar-refractivity contribution in [2.24, 2.45) is 0 Å². The van der Waals surface area contributed by atoms with Gasteiger partial charge in [-0.15, -0.1) is 0 Å². The second kappa shape index (κ2) is 16.0. The molecule has 0 saturated carbocycles. The molecular weight excluding hydrogens is 553 g/mol. The molecule has 0 aliphatic carbocycles. The van der Waals surface area contributed by atoms with Crippen molar-refractivity contribution in [1.29, 1.82) is 0 Å². The number of carbonyl (C=O) groups is 3. The molecule has 3 amide bonds. The van der Waals surface area contributed by atoms with Crippen molar-refractivity contribution in [1.82, 2.24) is 15.1 Å². The van der Waals surface area contributed by atoms with Gasteiger partial charge in [-0.2, -0.15) is 0 Å². The molecule has 0 radical (unpaired) electrons. The Kier molecular flexibility index (Phi) is 12.5. The largest absolute Gasteiger partial charge is 0.348 e. The highest BCUT2D eigenvalue weighted by atomic mass is 31.2. The second-order valence-corrected chi connectivity index (χ2v) is 11.6. The van der Waals surface area contributed by atoms with Gasteiger partial charge in [-0.05, 0) is 55.7 Å². The molecule has 0 heterocycles. The summed E-state index contributed by atoms with van der Waals surface area (Å²) in [5.41, 5.74) is -0.226. The number of benzene rings is 3. The Hall–Kier alpha value is -3.78. The van der Waals surface area contributed by atoms with Gasteiger partial charge in [-0.25, -0.2) is 0 Å². The van der Waals surface area contributed by atoms with Crippen LogP contribution in [0.3, 0.4) is 0 Å². The van der Waals surface area contributed by atoms with Gasteiger partial charge in [0.05, 0.1) is 0 Å². The van der Waals surface area contributed by atoms with E-state index in [1.165, 1.54) is 16.0 Å². The zero-order chi connectivity index (χ0) is 30.5. The number of likely N-dealkylation sites (N-methyl/N-ethyl adjacent to an activating group) is 2. The Morgan fingerprint density at radius 2 is 1.29 bits per heavy atom. The van der Waals surface area contributed by atoms with Gasteiger partial charge < -0.3 is 15.1 Å². The van der Waals surface area contributed by atoms with Crippen LogP contribution in [0.4, 0.5) is 0 Å². The molecular formula is C32H40N3O6P. The summed E-state index contributed by atoms with van der Waals surface area (Å²) < 4.78 is 26.4. The molecule has 3 rings (SSSR count). The summed E-state index contributed by atoms with van der Waals surface area (Å²) >= 11 is 0. The number of nitrogens with one attached hydrogen (secondary N) is 1. The maximum Gasteiger partial charge on any atom is 0.348 e. The normalized spacial score (nSPS) is 12.3. The predicted octanol–water partition coefficient (Wildman–Crippen LogP) is 5.63. The number of fused-ring (bicyclic) bond motifs is 1. The zero-order valence-electron chi connectivity index (χ0n) is 24.7. The first kappa shape index (κ1) is 32.7. The van der Waals surface area contributed by atoms with Gasteiger partial charge in [-0.3, -0.25) is 28.0 Å². The number of carbonyl (C=O) groups excluding carboxylic acids is 3. The summed E-state index contributed by atoms with van der Waals surface area (Å²) in [7, 11) is -4.49. The highest BCUT2D eigenvalue weighted by Gasteiger charge is 2.44. The van der Waals surface area contributed by atoms with Crippen molar-refractivity contribution in [3.05, 3.63) is 90.1 Å². The average Bonchev–Trinajstić information content (AvgIpc) is 3.01. The lowest BCUT2D eigenvalue weighted by atomic mass is 10.0. The molecule has 224 valence electrons. The maximum atomic E-state index is 14.8. The third kappa shape index (κ3) is 8.38. The molecule has 1 atom stereocenters. The fraction of sp³-hybridized carbons (Fsp3) is 0.344. The fourth-order valence-corrected chi connectivity index (χ4v) is 6.50. The fourth-order valence-electron chi connectivity index (χ4n) is 4.62. The number of nitrogens with zero attached hydrogens (tertiary/aromatic N) is 2. The minimum absolute atomic E-state index is 0.396. The number of rotatable bonds is 15. The SMILES string of the molecule is CCN(CC)C(=O)COP(=O)(OCC(=O)N(CC)CC)C(C(=O)N/C=C/c1ccccc1)c1cccc2ccccc12. The summed E-state index contributed by atoms with van der Waals surface area (Å²) in [6.45, 7) is 7.88. The van der Waals surface area contributed by atoms with Crippen molar-refractivity contribution in [2.75, 3.05) is 39.4 Å². The summed E-state index contributed by atoms with van der Waals surface area (Å²) in [4.78, 5) is 42.8. The lowest BCUT2D eigenvalue weighted by molar-refractivity contribution is -0.134. The van der Waals surface area contributed by atoms with E-state index in [1.807, 2.05) is 88.4 Å². The van der Waals surface area contributed by atoms with Crippen molar-refractivity contribution in [3.63, 3.8) is 0 Å². The van der Waals surface area contributed by atoms with Crippen LogP contribution >= 0.6 is 7.60 Å². The highest BCUT2D eigenvalue weighted by Crippen LogP contribution is 2.62. The topological polar surface area (TPSA) is 105 Å². The molecule has 0 spiro atoms. The molecule has 0 bridgehead atoms. The second-order valence-electron chi connectivity index (χ2n) is 9.44. The van der Waals surface area contributed by atoms with E-state index >= 15 is 0 Å². The maximum absolute atomic E-state index is 14.8. The van der Waals surface area contributed by atoms with Crippen molar-refractivity contribution < 1.29 is 28.0 Å². The van der Waals surface area contributed by atoms with Crippen molar-refractivity contribution in [3.8, 4) is 0 Å². The minimum atomic E-state index is -4.49. The standard InChI is InChI=1S/C32H40N3O6P/c1-5-34(6-2)29(36)23-40-42(39,41-24-30(37)35(7-3)8-4)31(28-20-14-18-26-17-12-13-19-27(26)28)32(38)33-22-21-25-15-10-9-11-16-25/h9-22,31H,5-8,23-24H2,1-4H3,(H,33,38)/b22-21+. The molecule has 42 heavy (non-hydrogen) atoms. The van der Waals surface area contributed by atoms with Crippen LogP contribution in [-0.2, 0) is 28.0 Å².